The van der Waals surface area contributed by atoms with Crippen molar-refractivity contribution in [2.24, 2.45) is 17.6 Å². The maximum Gasteiger partial charge on any atom is 0.415 e. The molecule has 0 bridgehead atoms. The molecule has 0 radical (unpaired) electrons. The van der Waals surface area contributed by atoms with Gasteiger partial charge in [0.05, 0.1) is 60.0 Å². The van der Waals surface area contributed by atoms with E-state index in [0.29, 0.717) is 44.2 Å². The van der Waals surface area contributed by atoms with Gasteiger partial charge in [-0.2, -0.15) is 0 Å². The predicted molar refractivity (Wildman–Crippen MR) is 460 cm³/mol. The summed E-state index contributed by atoms with van der Waals surface area (Å²) in [7, 11) is 0. The Labute approximate surface area is 734 Å². The number of carbonyl (C=O) groups excluding carboxylic acids is 11. The average Bonchev–Trinajstić information content (AvgIpc) is 1.68. The van der Waals surface area contributed by atoms with Crippen molar-refractivity contribution in [3.8, 4) is 11.4 Å². The van der Waals surface area contributed by atoms with Crippen LogP contribution in [0.1, 0.15) is 162 Å². The summed E-state index contributed by atoms with van der Waals surface area (Å²) < 4.78 is 26.7. The van der Waals surface area contributed by atoms with Crippen molar-refractivity contribution < 1.29 is 103 Å². The fraction of sp³-hybridized carbons (Fsp3) is 0.376. The van der Waals surface area contributed by atoms with E-state index in [-0.39, 0.29) is 96.1 Å². The lowest BCUT2D eigenvalue weighted by Gasteiger charge is -2.23. The molecular formula is C85H102N16O27. The van der Waals surface area contributed by atoms with Gasteiger partial charge in [0.2, 0.25) is 17.3 Å². The first-order chi connectivity index (χ1) is 61.4. The van der Waals surface area contributed by atoms with Crippen LogP contribution in [0.3, 0.4) is 0 Å². The number of ketones is 3. The summed E-state index contributed by atoms with van der Waals surface area (Å²) in [4.78, 5) is 197. The minimum absolute atomic E-state index is 0.0218. The number of non-ortho nitro benzene ring substituents is 1. The normalized spacial score (nSPS) is 14.4. The average molecular weight is 1780 g/mol. The Morgan fingerprint density at radius 2 is 1.05 bits per heavy atom. The number of benzene rings is 6. The van der Waals surface area contributed by atoms with Gasteiger partial charge >= 0.3 is 42.3 Å². The minimum atomic E-state index is -1.10. The zero-order valence-corrected chi connectivity index (χ0v) is 71.6. The fourth-order valence-electron chi connectivity index (χ4n) is 12.0. The van der Waals surface area contributed by atoms with Crippen LogP contribution >= 0.6 is 0 Å². The van der Waals surface area contributed by atoms with Crippen LogP contribution < -0.4 is 32.3 Å². The molecule has 0 aliphatic carbocycles. The van der Waals surface area contributed by atoms with Crippen LogP contribution in [0.15, 0.2) is 171 Å². The Bertz CT molecular complexity index is 5130. The van der Waals surface area contributed by atoms with E-state index >= 15 is 0 Å². The number of nitro benzene ring substituents is 6. The molecule has 6 aromatic carbocycles. The van der Waals surface area contributed by atoms with Crippen molar-refractivity contribution in [2.75, 3.05) is 13.1 Å². The highest BCUT2D eigenvalue weighted by Crippen LogP contribution is 2.36. The standard InChI is InChI=1S/C30H35N5O7.C14H16N2O5.C13H9N5O7.C10H9NO3.C9H10N2O4.C4H11N.C3H6O.C2H6/c1-4-5-12-23(21(3)36)16-28(37)25(32-30(38)20(2)15-22-10-7-6-8-11-22)17-24-18-31-19-33(24)29-26(34(39)40)13-9-14-27(29)35(41)42;17-12-11(16-14(19)21-12)7-4-8-15-13(18)20-9-10-5-2-1-3-6-10;19-12-8(15-13(20)25-12)4-7-5-16(6-14-7)11-9(17(21)22)2-1-3-10(11)18(23)24;12-9-8(11-10(13)14-9)6-7-4-2-1-3-5-7;1-6(2)8-4-3-7(10(12)13)5-9(8)11(14)15;1-2-3-4-5;1-3(2)4;1-2/h6-11,13-14,18-20,23,25H,4-5,12,15-17H2,1-3H3,(H,32,38);1-3,5-6,11H,4,7-9H2,(H,15,18)(H,16,19);1-3,5-6,8H,4H2,(H,15,20);1-5,8H,6H2,(H,11,13);3-6H,1-2H3;2-5H2,1H3;1-2H3;1-2H3/t20-,23+,25-;11-;2*8-;;;;/m0000..../s1/i;;;;;;1D;. The molecule has 43 nitrogen and oxygen atoms in total. The van der Waals surface area contributed by atoms with E-state index in [1.54, 1.807) is 20.8 Å². The highest BCUT2D eigenvalue weighted by Gasteiger charge is 2.37. The number of cyclic esters (lactones) is 6. The molecule has 3 aliphatic heterocycles. The molecule has 11 rings (SSSR count). The van der Waals surface area contributed by atoms with Crippen molar-refractivity contribution in [2.45, 2.75) is 183 Å². The minimum Gasteiger partial charge on any atom is -0.445 e. The molecule has 3 aliphatic rings. The number of para-hydroxylation sites is 2. The zero-order valence-electron chi connectivity index (χ0n) is 72.6. The van der Waals surface area contributed by atoms with Gasteiger partial charge in [-0.3, -0.25) is 84.2 Å². The van der Waals surface area contributed by atoms with Crippen molar-refractivity contribution >= 4 is 99.7 Å². The number of rotatable bonds is 34. The molecule has 128 heavy (non-hydrogen) atoms. The van der Waals surface area contributed by atoms with E-state index in [0.717, 1.165) is 77.3 Å². The molecule has 2 aromatic heterocycles. The molecule has 3 saturated heterocycles. The molecule has 684 valence electrons. The van der Waals surface area contributed by atoms with Gasteiger partial charge in [-0.15, -0.1) is 0 Å². The van der Waals surface area contributed by atoms with Crippen LogP contribution in [0.5, 0.6) is 0 Å². The van der Waals surface area contributed by atoms with Gasteiger partial charge in [0.1, 0.15) is 36.3 Å². The lowest BCUT2D eigenvalue weighted by molar-refractivity contribution is -0.394. The predicted octanol–water partition coefficient (Wildman–Crippen LogP) is 13.0. The summed E-state index contributed by atoms with van der Waals surface area (Å²) in [5.74, 6) is -3.85. The molecule has 43 heteroatoms. The number of esters is 3. The summed E-state index contributed by atoms with van der Waals surface area (Å²) in [6.07, 6.45) is 8.36. The first kappa shape index (κ1) is 103. The summed E-state index contributed by atoms with van der Waals surface area (Å²) in [5, 5.41) is 79.5. The summed E-state index contributed by atoms with van der Waals surface area (Å²) in [6.45, 7) is 17.6. The molecule has 6 atom stereocenters. The van der Waals surface area contributed by atoms with Gasteiger partial charge in [0.25, 0.3) is 34.1 Å². The number of nitrogens with one attached hydrogen (secondary N) is 5. The van der Waals surface area contributed by atoms with E-state index in [9.17, 15) is 113 Å². The van der Waals surface area contributed by atoms with Crippen LogP contribution in [0.4, 0.5) is 53.3 Å². The number of alkyl carbamates (subject to hydrolysis) is 4. The Balaban J connectivity index is 0.000000344. The van der Waals surface area contributed by atoms with Gasteiger partial charge in [-0.25, -0.2) is 43.5 Å². The fourth-order valence-corrected chi connectivity index (χ4v) is 12.0. The Morgan fingerprint density at radius 3 is 1.49 bits per heavy atom. The molecule has 5 amide bonds. The van der Waals surface area contributed by atoms with Crippen molar-refractivity contribution in [3.63, 3.8) is 0 Å². The van der Waals surface area contributed by atoms with E-state index < -0.39 is 131 Å². The second-order valence-electron chi connectivity index (χ2n) is 28.3. The van der Waals surface area contributed by atoms with Gasteiger partial charge in [0.15, 0.2) is 5.78 Å². The van der Waals surface area contributed by atoms with Gasteiger partial charge in [-0.05, 0) is 100 Å². The van der Waals surface area contributed by atoms with Crippen LogP contribution in [0, 0.1) is 72.5 Å². The van der Waals surface area contributed by atoms with Crippen molar-refractivity contribution in [1.29, 1.82) is 0 Å². The highest BCUT2D eigenvalue weighted by atomic mass is 16.7. The number of amides is 5. The number of nitrogens with zero attached hydrogens (tertiary/aromatic N) is 10. The Hall–Kier alpha value is -15.3. The largest absolute Gasteiger partial charge is 0.445 e. The highest BCUT2D eigenvalue weighted by molar-refractivity contribution is 5.97. The molecule has 8 aromatic rings. The van der Waals surface area contributed by atoms with E-state index in [2.05, 4.69) is 57.7 Å². The van der Waals surface area contributed by atoms with E-state index in [1.807, 2.05) is 112 Å². The summed E-state index contributed by atoms with van der Waals surface area (Å²) in [5.41, 5.74) is 6.06. The maximum atomic E-state index is 13.6. The molecule has 5 heterocycles. The lowest BCUT2D eigenvalue weighted by atomic mass is 9.89. The first-order valence-electron chi connectivity index (χ1n) is 40.8. The molecule has 0 unspecified atom stereocenters. The molecule has 7 N–H and O–H groups in total. The number of carbonyl (C=O) groups is 11. The van der Waals surface area contributed by atoms with Crippen LogP contribution in [-0.4, -0.2) is 151 Å². The van der Waals surface area contributed by atoms with Crippen LogP contribution in [0.2, 0.25) is 0 Å². The number of unbranched alkanes of at least 4 members (excludes halogenated alkanes) is 2. The quantitative estimate of drug-likeness (QED) is 0.00545. The Morgan fingerprint density at radius 1 is 0.578 bits per heavy atom. The van der Waals surface area contributed by atoms with Crippen molar-refractivity contribution in [3.05, 3.63) is 265 Å². The number of nitro groups is 6. The number of hydrogen-bond acceptors (Lipinski definition) is 30. The summed E-state index contributed by atoms with van der Waals surface area (Å²) in [6, 6.07) is 35.7. The first-order valence-corrected chi connectivity index (χ1v) is 40.1. The van der Waals surface area contributed by atoms with Gasteiger partial charge in [0, 0.05) is 99.4 Å². The topological polar surface area (TPSA) is 605 Å². The number of hydrogen-bond donors (Lipinski definition) is 6. The zero-order chi connectivity index (χ0) is 96.0. The third kappa shape index (κ3) is 35.1. The second-order valence-corrected chi connectivity index (χ2v) is 28.3. The number of Topliss-reactive ketones (excluding diaryl/α,β-unsaturated/α-hetero) is 3. The van der Waals surface area contributed by atoms with Crippen LogP contribution in [-0.2, 0) is 84.8 Å². The van der Waals surface area contributed by atoms with E-state index in [1.165, 1.54) is 74.2 Å². The number of imidazole rings is 2. The summed E-state index contributed by atoms with van der Waals surface area (Å²) >= 11 is 0. The SMILES string of the molecule is CC.CC(C)c1ccc([N+](=O)[O-])cc1[N+](=O)[O-].CCCCN.CCCC[C@H](CC(=O)[C@H](Cc1cncn1-c1c([N+](=O)[O-])cccc1[N+](=O)[O-])NC(=O)[C@@H](C)Cc1ccccc1)C(C)=O.O=C(NCCC[C@@H]1NC(=O)OC1=O)OCc1ccccc1.O=C1N[C@@H](Cc2ccccc2)C(=O)O1.O=C1N[C@@H](Cc2cn(-c3c([N+](=O)[O-])cccc3[N+](=O)[O-])cn2)C(=O)O1.[2H]CC(C)=O. The third-order valence-electron chi connectivity index (χ3n) is 18.3. The Kier molecular flexibility index (Phi) is 43.8. The number of ether oxygens (including phenoxy) is 4. The molecule has 0 saturated carbocycles. The maximum absolute atomic E-state index is 13.6. The molecular weight excluding hydrogens is 1680 g/mol. The number of nitrogens with two attached hydrogens (primary N) is 1. The van der Waals surface area contributed by atoms with Gasteiger partial charge in [-0.1, -0.05) is 159 Å². The second kappa shape index (κ2) is 54.3. The monoisotopic (exact) mass is 1780 g/mol. The molecule has 0 spiro atoms. The van der Waals surface area contributed by atoms with Crippen LogP contribution in [0.25, 0.3) is 11.4 Å². The third-order valence-corrected chi connectivity index (χ3v) is 18.3. The molecule has 3 fully saturated rings. The van der Waals surface area contributed by atoms with Crippen molar-refractivity contribution in [1.82, 2.24) is 45.7 Å². The number of aromatic nitrogens is 4. The van der Waals surface area contributed by atoms with E-state index in [4.69, 9.17) is 11.8 Å². The smallest absolute Gasteiger partial charge is 0.415 e. The van der Waals surface area contributed by atoms with Gasteiger partial charge < -0.3 is 56.1 Å². The lowest BCUT2D eigenvalue weighted by Crippen LogP contribution is -2.46.